The predicted molar refractivity (Wildman–Crippen MR) is 131 cm³/mol. The van der Waals surface area contributed by atoms with E-state index in [-0.39, 0.29) is 16.6 Å². The molecule has 1 saturated heterocycles. The fourth-order valence-electron chi connectivity index (χ4n) is 3.21. The van der Waals surface area contributed by atoms with Gasteiger partial charge in [-0.05, 0) is 42.5 Å². The largest absolute Gasteiger partial charge is 0.490 e. The SMILES string of the molecule is O=C1/C(=C/c2ccccc2OCCOc2ccccc2)SC(=S)N1c1cccc(C(F)(F)F)c1. The van der Waals surface area contributed by atoms with E-state index >= 15 is 0 Å². The van der Waals surface area contributed by atoms with Gasteiger partial charge < -0.3 is 9.47 Å². The minimum absolute atomic E-state index is 0.0725. The van der Waals surface area contributed by atoms with Gasteiger partial charge in [-0.15, -0.1) is 0 Å². The number of thioether (sulfide) groups is 1. The number of halogens is 3. The van der Waals surface area contributed by atoms with Crippen LogP contribution in [-0.4, -0.2) is 23.4 Å². The van der Waals surface area contributed by atoms with Crippen LogP contribution in [0, 0.1) is 0 Å². The standard InChI is InChI=1S/C25H18F3NO3S2/c26-25(27,28)18-8-6-9-19(16-18)29-23(30)22(34-24(29)33)15-17-7-4-5-12-21(17)32-14-13-31-20-10-2-1-3-11-20/h1-12,15-16H,13-14H2/b22-15-. The second kappa shape index (κ2) is 10.3. The van der Waals surface area contributed by atoms with Crippen LogP contribution in [0.4, 0.5) is 18.9 Å². The zero-order valence-corrected chi connectivity index (χ0v) is 19.3. The lowest BCUT2D eigenvalue weighted by Crippen LogP contribution is -2.27. The van der Waals surface area contributed by atoms with Crippen molar-refractivity contribution >= 4 is 46.0 Å². The number of thiocarbonyl (C=S) groups is 1. The second-order valence-corrected chi connectivity index (χ2v) is 8.79. The van der Waals surface area contributed by atoms with E-state index in [1.54, 1.807) is 30.3 Å². The maximum atomic E-state index is 13.1. The molecule has 34 heavy (non-hydrogen) atoms. The Hall–Kier alpha value is -3.30. The Morgan fingerprint density at radius 3 is 2.38 bits per heavy atom. The summed E-state index contributed by atoms with van der Waals surface area (Å²) in [5, 5.41) is 0. The molecule has 9 heteroatoms. The quantitative estimate of drug-likeness (QED) is 0.208. The summed E-state index contributed by atoms with van der Waals surface area (Å²) < 4.78 is 50.9. The number of carbonyl (C=O) groups excluding carboxylic acids is 1. The summed E-state index contributed by atoms with van der Waals surface area (Å²) >= 11 is 6.32. The number of para-hydroxylation sites is 2. The lowest BCUT2D eigenvalue weighted by atomic mass is 10.1. The molecule has 0 N–H and O–H groups in total. The van der Waals surface area contributed by atoms with Crippen molar-refractivity contribution in [1.29, 1.82) is 0 Å². The Labute approximate surface area is 204 Å². The van der Waals surface area contributed by atoms with Crippen molar-refractivity contribution in [1.82, 2.24) is 0 Å². The van der Waals surface area contributed by atoms with E-state index in [1.807, 2.05) is 30.3 Å². The number of rotatable bonds is 7. The highest BCUT2D eigenvalue weighted by molar-refractivity contribution is 8.27. The molecule has 1 amide bonds. The van der Waals surface area contributed by atoms with Crippen molar-refractivity contribution in [3.05, 3.63) is 94.9 Å². The molecule has 0 atom stereocenters. The number of hydrogen-bond donors (Lipinski definition) is 0. The maximum absolute atomic E-state index is 13.1. The molecule has 1 aliphatic rings. The first-order chi connectivity index (χ1) is 16.3. The normalized spacial score (nSPS) is 15.1. The van der Waals surface area contributed by atoms with Crippen LogP contribution in [0.5, 0.6) is 11.5 Å². The zero-order valence-electron chi connectivity index (χ0n) is 17.6. The van der Waals surface area contributed by atoms with Crippen molar-refractivity contribution < 1.29 is 27.4 Å². The molecule has 0 aromatic heterocycles. The van der Waals surface area contributed by atoms with Crippen molar-refractivity contribution in [2.45, 2.75) is 6.18 Å². The van der Waals surface area contributed by atoms with Gasteiger partial charge in [0.1, 0.15) is 24.7 Å². The van der Waals surface area contributed by atoms with Crippen LogP contribution in [0.1, 0.15) is 11.1 Å². The van der Waals surface area contributed by atoms with E-state index in [2.05, 4.69) is 0 Å². The monoisotopic (exact) mass is 501 g/mol. The maximum Gasteiger partial charge on any atom is 0.416 e. The predicted octanol–water partition coefficient (Wildman–Crippen LogP) is 6.57. The molecule has 3 aromatic carbocycles. The smallest absolute Gasteiger partial charge is 0.416 e. The van der Waals surface area contributed by atoms with Gasteiger partial charge in [-0.2, -0.15) is 13.2 Å². The van der Waals surface area contributed by atoms with Crippen molar-refractivity contribution in [2.24, 2.45) is 0 Å². The molecular weight excluding hydrogens is 483 g/mol. The zero-order chi connectivity index (χ0) is 24.1. The Balaban J connectivity index is 1.48. The molecule has 0 bridgehead atoms. The highest BCUT2D eigenvalue weighted by atomic mass is 32.2. The molecule has 0 saturated carbocycles. The number of hydrogen-bond acceptors (Lipinski definition) is 5. The highest BCUT2D eigenvalue weighted by Crippen LogP contribution is 2.39. The summed E-state index contributed by atoms with van der Waals surface area (Å²) in [4.78, 5) is 14.4. The summed E-state index contributed by atoms with van der Waals surface area (Å²) in [7, 11) is 0. The lowest BCUT2D eigenvalue weighted by Gasteiger charge is -2.16. The number of amides is 1. The first-order valence-electron chi connectivity index (χ1n) is 10.2. The first kappa shape index (κ1) is 23.8. The third kappa shape index (κ3) is 5.60. The topological polar surface area (TPSA) is 38.8 Å². The third-order valence-electron chi connectivity index (χ3n) is 4.78. The van der Waals surface area contributed by atoms with Gasteiger partial charge in [-0.1, -0.05) is 66.4 Å². The van der Waals surface area contributed by atoms with Gasteiger partial charge in [0.2, 0.25) is 0 Å². The molecule has 1 aliphatic heterocycles. The van der Waals surface area contributed by atoms with Crippen LogP contribution in [0.3, 0.4) is 0 Å². The molecule has 0 spiro atoms. The summed E-state index contributed by atoms with van der Waals surface area (Å²) in [6.45, 7) is 0.612. The Bertz CT molecular complexity index is 1230. The molecule has 0 unspecified atom stereocenters. The van der Waals surface area contributed by atoms with Gasteiger partial charge in [0.05, 0.1) is 16.2 Å². The molecule has 1 fully saturated rings. The molecule has 3 aromatic rings. The summed E-state index contributed by atoms with van der Waals surface area (Å²) in [6.07, 6.45) is -2.90. The molecule has 1 heterocycles. The van der Waals surface area contributed by atoms with Crippen LogP contribution in [0.15, 0.2) is 83.8 Å². The van der Waals surface area contributed by atoms with Gasteiger partial charge in [-0.25, -0.2) is 0 Å². The fourth-order valence-corrected chi connectivity index (χ4v) is 4.50. The van der Waals surface area contributed by atoms with Gasteiger partial charge in [0, 0.05) is 5.56 Å². The Morgan fingerprint density at radius 1 is 0.912 bits per heavy atom. The minimum atomic E-state index is -4.52. The molecule has 0 aliphatic carbocycles. The average molecular weight is 502 g/mol. The summed E-state index contributed by atoms with van der Waals surface area (Å²) in [5.41, 5.74) is -0.130. The molecular formula is C25H18F3NO3S2. The first-order valence-corrected chi connectivity index (χ1v) is 11.4. The molecule has 4 nitrogen and oxygen atoms in total. The van der Waals surface area contributed by atoms with Crippen LogP contribution in [-0.2, 0) is 11.0 Å². The van der Waals surface area contributed by atoms with E-state index in [1.165, 1.54) is 12.1 Å². The van der Waals surface area contributed by atoms with E-state index in [9.17, 15) is 18.0 Å². The third-order valence-corrected chi connectivity index (χ3v) is 6.09. The van der Waals surface area contributed by atoms with Gasteiger partial charge in [-0.3, -0.25) is 9.69 Å². The lowest BCUT2D eigenvalue weighted by molar-refractivity contribution is -0.137. The van der Waals surface area contributed by atoms with E-state index < -0.39 is 17.6 Å². The summed E-state index contributed by atoms with van der Waals surface area (Å²) in [6, 6.07) is 21.0. The number of carbonyl (C=O) groups is 1. The number of nitrogens with zero attached hydrogens (tertiary/aromatic N) is 1. The van der Waals surface area contributed by atoms with Crippen LogP contribution >= 0.6 is 24.0 Å². The minimum Gasteiger partial charge on any atom is -0.490 e. The van der Waals surface area contributed by atoms with E-state index in [0.29, 0.717) is 22.8 Å². The van der Waals surface area contributed by atoms with Crippen LogP contribution in [0.2, 0.25) is 0 Å². The highest BCUT2D eigenvalue weighted by Gasteiger charge is 2.36. The number of ether oxygens (including phenoxy) is 2. The molecule has 4 rings (SSSR count). The van der Waals surface area contributed by atoms with Gasteiger partial charge in [0.15, 0.2) is 4.32 Å². The Morgan fingerprint density at radius 2 is 1.62 bits per heavy atom. The second-order valence-electron chi connectivity index (χ2n) is 7.11. The van der Waals surface area contributed by atoms with Crippen molar-refractivity contribution in [2.75, 3.05) is 18.1 Å². The van der Waals surface area contributed by atoms with Crippen LogP contribution in [0.25, 0.3) is 6.08 Å². The van der Waals surface area contributed by atoms with E-state index in [0.717, 1.165) is 34.5 Å². The van der Waals surface area contributed by atoms with Gasteiger partial charge >= 0.3 is 6.18 Å². The summed E-state index contributed by atoms with van der Waals surface area (Å²) in [5.74, 6) is 0.790. The van der Waals surface area contributed by atoms with Crippen LogP contribution < -0.4 is 14.4 Å². The van der Waals surface area contributed by atoms with Crippen molar-refractivity contribution in [3.8, 4) is 11.5 Å². The van der Waals surface area contributed by atoms with Crippen molar-refractivity contribution in [3.63, 3.8) is 0 Å². The molecule has 0 radical (unpaired) electrons. The number of anilines is 1. The average Bonchev–Trinajstić information content (AvgIpc) is 3.10. The van der Waals surface area contributed by atoms with E-state index in [4.69, 9.17) is 21.7 Å². The van der Waals surface area contributed by atoms with Gasteiger partial charge in [0.25, 0.3) is 5.91 Å². The number of alkyl halides is 3. The fraction of sp³-hybridized carbons (Fsp3) is 0.120. The molecule has 174 valence electrons. The Kier molecular flexibility index (Phi) is 7.23. The number of benzene rings is 3.